The molecule has 1 aromatic heterocycles. The highest BCUT2D eigenvalue weighted by Crippen LogP contribution is 2.25. The fraction of sp³-hybridized carbons (Fsp3) is 0.385. The summed E-state index contributed by atoms with van der Waals surface area (Å²) in [7, 11) is 0. The second-order valence-electron chi connectivity index (χ2n) is 5.09. The van der Waals surface area contributed by atoms with Crippen LogP contribution in [0.5, 0.6) is 0 Å². The molecule has 1 unspecified atom stereocenters. The van der Waals surface area contributed by atoms with E-state index in [4.69, 9.17) is 0 Å². The number of imide groups is 1. The van der Waals surface area contributed by atoms with Crippen molar-refractivity contribution in [3.8, 4) is 0 Å². The zero-order valence-electron chi connectivity index (χ0n) is 10.8. The first-order valence-electron chi connectivity index (χ1n) is 6.39. The molecular formula is C13H14N4O3. The predicted molar refractivity (Wildman–Crippen MR) is 68.5 cm³/mol. The molecule has 2 fully saturated rings. The number of pyridine rings is 1. The van der Waals surface area contributed by atoms with Gasteiger partial charge in [-0.25, -0.2) is 4.79 Å². The number of nitrogens with one attached hydrogen (secondary N) is 2. The molecule has 0 radical (unpaired) electrons. The summed E-state index contributed by atoms with van der Waals surface area (Å²) in [4.78, 5) is 40.8. The first-order valence-corrected chi connectivity index (χ1v) is 6.39. The summed E-state index contributed by atoms with van der Waals surface area (Å²) in [6.07, 6.45) is 3.99. The molecule has 2 aliphatic rings. The predicted octanol–water partition coefficient (Wildman–Crippen LogP) is -0.565. The molecule has 1 spiro atoms. The largest absolute Gasteiger partial charge is 0.339 e. The van der Waals surface area contributed by atoms with E-state index in [1.54, 1.807) is 23.4 Å². The van der Waals surface area contributed by atoms with Gasteiger partial charge in [-0.3, -0.25) is 19.9 Å². The van der Waals surface area contributed by atoms with Crippen LogP contribution in [0.2, 0.25) is 0 Å². The standard InChI is InChI=1S/C13H14N4O3/c18-10(6-9-2-1-4-14-7-9)17-5-3-13(8-17)11(19)15-12(20)16-13/h1-2,4,7H,3,5-6,8H2,(H2,15,16,19,20). The van der Waals surface area contributed by atoms with E-state index < -0.39 is 11.6 Å². The maximum Gasteiger partial charge on any atom is 0.322 e. The van der Waals surface area contributed by atoms with Gasteiger partial charge in [0.2, 0.25) is 5.91 Å². The van der Waals surface area contributed by atoms with E-state index >= 15 is 0 Å². The topological polar surface area (TPSA) is 91.4 Å². The zero-order valence-corrected chi connectivity index (χ0v) is 10.8. The van der Waals surface area contributed by atoms with E-state index in [0.717, 1.165) is 5.56 Å². The summed E-state index contributed by atoms with van der Waals surface area (Å²) in [6.45, 7) is 0.691. The molecule has 3 rings (SSSR count). The Hall–Kier alpha value is -2.44. The van der Waals surface area contributed by atoms with Gasteiger partial charge in [-0.2, -0.15) is 0 Å². The monoisotopic (exact) mass is 274 g/mol. The van der Waals surface area contributed by atoms with Crippen molar-refractivity contribution in [2.45, 2.75) is 18.4 Å². The second-order valence-corrected chi connectivity index (χ2v) is 5.09. The summed E-state index contributed by atoms with van der Waals surface area (Å²) in [5.74, 6) is -0.414. The highest BCUT2D eigenvalue weighted by Gasteiger charge is 2.51. The van der Waals surface area contributed by atoms with Crippen LogP contribution in [0, 0.1) is 0 Å². The lowest BCUT2D eigenvalue weighted by Crippen LogP contribution is -2.49. The number of carbonyl (C=O) groups excluding carboxylic acids is 3. The minimum Gasteiger partial charge on any atom is -0.339 e. The van der Waals surface area contributed by atoms with Gasteiger partial charge in [0.15, 0.2) is 0 Å². The van der Waals surface area contributed by atoms with E-state index in [0.29, 0.717) is 13.0 Å². The van der Waals surface area contributed by atoms with E-state index in [9.17, 15) is 14.4 Å². The smallest absolute Gasteiger partial charge is 0.322 e. The van der Waals surface area contributed by atoms with Gasteiger partial charge in [-0.1, -0.05) is 6.07 Å². The summed E-state index contributed by atoms with van der Waals surface area (Å²) in [5.41, 5.74) is -0.111. The molecule has 2 aliphatic heterocycles. The quantitative estimate of drug-likeness (QED) is 0.707. The third-order valence-electron chi connectivity index (χ3n) is 3.71. The van der Waals surface area contributed by atoms with Gasteiger partial charge in [0.25, 0.3) is 5.91 Å². The van der Waals surface area contributed by atoms with Crippen LogP contribution in [0.1, 0.15) is 12.0 Å². The average Bonchev–Trinajstić information content (AvgIpc) is 2.96. The molecule has 1 aromatic rings. The number of hydrogen-bond donors (Lipinski definition) is 2. The minimum absolute atomic E-state index is 0.0659. The SMILES string of the molecule is O=C1NC(=O)C2(CCN(C(=O)Cc3cccnc3)C2)N1. The van der Waals surface area contributed by atoms with E-state index in [1.165, 1.54) is 0 Å². The first-order chi connectivity index (χ1) is 9.59. The van der Waals surface area contributed by atoms with Crippen molar-refractivity contribution in [1.82, 2.24) is 20.5 Å². The van der Waals surface area contributed by atoms with Gasteiger partial charge in [-0.05, 0) is 18.1 Å². The molecule has 2 saturated heterocycles. The van der Waals surface area contributed by atoms with E-state index in [1.807, 2.05) is 6.07 Å². The fourth-order valence-corrected chi connectivity index (χ4v) is 2.63. The van der Waals surface area contributed by atoms with Gasteiger partial charge in [-0.15, -0.1) is 0 Å². The van der Waals surface area contributed by atoms with Crippen molar-refractivity contribution in [2.75, 3.05) is 13.1 Å². The van der Waals surface area contributed by atoms with Crippen LogP contribution < -0.4 is 10.6 Å². The molecular weight excluding hydrogens is 260 g/mol. The van der Waals surface area contributed by atoms with Crippen LogP contribution in [0.4, 0.5) is 4.79 Å². The molecule has 20 heavy (non-hydrogen) atoms. The lowest BCUT2D eigenvalue weighted by Gasteiger charge is -2.21. The number of rotatable bonds is 2. The Kier molecular flexibility index (Phi) is 2.89. The number of likely N-dealkylation sites (tertiary alicyclic amines) is 1. The third kappa shape index (κ3) is 2.11. The summed E-state index contributed by atoms with van der Waals surface area (Å²) >= 11 is 0. The lowest BCUT2D eigenvalue weighted by atomic mass is 9.99. The molecule has 7 nitrogen and oxygen atoms in total. The van der Waals surface area contributed by atoms with Crippen molar-refractivity contribution < 1.29 is 14.4 Å². The van der Waals surface area contributed by atoms with Crippen LogP contribution in [-0.4, -0.2) is 46.4 Å². The first kappa shape index (κ1) is 12.6. The van der Waals surface area contributed by atoms with Crippen molar-refractivity contribution >= 4 is 17.8 Å². The highest BCUT2D eigenvalue weighted by atomic mass is 16.2. The molecule has 0 saturated carbocycles. The Morgan fingerprint density at radius 1 is 1.45 bits per heavy atom. The molecule has 0 bridgehead atoms. The molecule has 1 atom stereocenters. The number of nitrogens with zero attached hydrogens (tertiary/aromatic N) is 2. The fourth-order valence-electron chi connectivity index (χ4n) is 2.63. The molecule has 3 heterocycles. The summed E-state index contributed by atoms with van der Waals surface area (Å²) < 4.78 is 0. The Bertz CT molecular complexity index is 574. The van der Waals surface area contributed by atoms with Crippen molar-refractivity contribution in [3.05, 3.63) is 30.1 Å². The van der Waals surface area contributed by atoms with Crippen LogP contribution in [-0.2, 0) is 16.0 Å². The summed E-state index contributed by atoms with van der Waals surface area (Å²) in [5, 5.41) is 4.84. The number of amides is 4. The van der Waals surface area contributed by atoms with Gasteiger partial charge in [0.1, 0.15) is 5.54 Å². The van der Waals surface area contributed by atoms with Crippen LogP contribution >= 0.6 is 0 Å². The Morgan fingerprint density at radius 3 is 2.95 bits per heavy atom. The van der Waals surface area contributed by atoms with Crippen LogP contribution in [0.3, 0.4) is 0 Å². The number of carbonyl (C=O) groups is 3. The Morgan fingerprint density at radius 2 is 2.30 bits per heavy atom. The van der Waals surface area contributed by atoms with Gasteiger partial charge < -0.3 is 10.2 Å². The Balaban J connectivity index is 1.67. The van der Waals surface area contributed by atoms with Gasteiger partial charge in [0, 0.05) is 18.9 Å². The van der Waals surface area contributed by atoms with Gasteiger partial charge >= 0.3 is 6.03 Å². The number of urea groups is 1. The van der Waals surface area contributed by atoms with E-state index in [-0.39, 0.29) is 24.8 Å². The Labute approximate surface area is 115 Å². The number of aromatic nitrogens is 1. The van der Waals surface area contributed by atoms with Gasteiger partial charge in [0.05, 0.1) is 13.0 Å². The zero-order chi connectivity index (χ0) is 14.2. The van der Waals surface area contributed by atoms with Crippen LogP contribution in [0.15, 0.2) is 24.5 Å². The highest BCUT2D eigenvalue weighted by molar-refractivity contribution is 6.07. The normalized spacial score (nSPS) is 24.9. The van der Waals surface area contributed by atoms with Crippen LogP contribution in [0.25, 0.3) is 0 Å². The molecule has 7 heteroatoms. The maximum atomic E-state index is 12.2. The average molecular weight is 274 g/mol. The van der Waals surface area contributed by atoms with E-state index in [2.05, 4.69) is 15.6 Å². The van der Waals surface area contributed by atoms with Crippen molar-refractivity contribution in [2.24, 2.45) is 0 Å². The molecule has 0 aliphatic carbocycles. The molecule has 4 amide bonds. The molecule has 0 aromatic carbocycles. The summed E-state index contributed by atoms with van der Waals surface area (Å²) in [6, 6.07) is 3.12. The third-order valence-corrected chi connectivity index (χ3v) is 3.71. The molecule has 2 N–H and O–H groups in total. The van der Waals surface area contributed by atoms with Crippen molar-refractivity contribution in [3.63, 3.8) is 0 Å². The molecule has 104 valence electrons. The van der Waals surface area contributed by atoms with Crippen molar-refractivity contribution in [1.29, 1.82) is 0 Å². The lowest BCUT2D eigenvalue weighted by molar-refractivity contribution is -0.130. The minimum atomic E-state index is -0.943. The number of hydrogen-bond acceptors (Lipinski definition) is 4. The second kappa shape index (κ2) is 4.59. The maximum absolute atomic E-state index is 12.2.